The van der Waals surface area contributed by atoms with Gasteiger partial charge in [0.2, 0.25) is 11.8 Å². The Hall–Kier alpha value is -3.56. The van der Waals surface area contributed by atoms with E-state index in [2.05, 4.69) is 5.32 Å². The van der Waals surface area contributed by atoms with E-state index in [1.54, 1.807) is 55.6 Å². The Morgan fingerprint density at radius 3 is 2.23 bits per heavy atom. The van der Waals surface area contributed by atoms with E-state index in [4.69, 9.17) is 16.3 Å². The normalized spacial score (nSPS) is 12.1. The number of hydrogen-bond donors (Lipinski definition) is 1. The Bertz CT molecular complexity index is 1380. The lowest BCUT2D eigenvalue weighted by atomic mass is 10.1. The molecule has 8 nitrogen and oxygen atoms in total. The van der Waals surface area contributed by atoms with Crippen molar-refractivity contribution in [2.24, 2.45) is 5.92 Å². The van der Waals surface area contributed by atoms with E-state index in [0.717, 1.165) is 9.87 Å². The zero-order valence-corrected chi connectivity index (χ0v) is 24.8. The summed E-state index contributed by atoms with van der Waals surface area (Å²) in [5.74, 6) is 0.0612. The molecule has 2 amide bonds. The minimum Gasteiger partial charge on any atom is -0.497 e. The maximum absolute atomic E-state index is 14.0. The van der Waals surface area contributed by atoms with E-state index in [1.807, 2.05) is 32.9 Å². The number of carbonyl (C=O) groups excluding carboxylic acids is 2. The third-order valence-electron chi connectivity index (χ3n) is 6.29. The Morgan fingerprint density at radius 1 is 0.975 bits per heavy atom. The minimum absolute atomic E-state index is 0.0335. The van der Waals surface area contributed by atoms with Crippen molar-refractivity contribution in [3.8, 4) is 5.75 Å². The molecular formula is C30H36ClN3O5S. The highest BCUT2D eigenvalue weighted by molar-refractivity contribution is 7.92. The van der Waals surface area contributed by atoms with Gasteiger partial charge in [0.25, 0.3) is 10.0 Å². The molecule has 1 N–H and O–H groups in total. The molecule has 0 fully saturated rings. The number of rotatable bonds is 13. The van der Waals surface area contributed by atoms with Crippen molar-refractivity contribution in [2.45, 2.75) is 44.7 Å². The number of hydrogen-bond acceptors (Lipinski definition) is 5. The van der Waals surface area contributed by atoms with E-state index in [0.29, 0.717) is 23.7 Å². The summed E-state index contributed by atoms with van der Waals surface area (Å²) in [6, 6.07) is 20.6. The molecule has 3 aromatic carbocycles. The van der Waals surface area contributed by atoms with Crippen LogP contribution in [0.1, 0.15) is 32.8 Å². The number of benzene rings is 3. The number of amides is 2. The summed E-state index contributed by atoms with van der Waals surface area (Å²) in [6.07, 6.45) is 0.342. The highest BCUT2D eigenvalue weighted by Gasteiger charge is 2.33. The largest absolute Gasteiger partial charge is 0.497 e. The third-order valence-corrected chi connectivity index (χ3v) is 8.31. The topological polar surface area (TPSA) is 96.0 Å². The molecule has 3 rings (SSSR count). The van der Waals surface area contributed by atoms with Crippen LogP contribution in [0.15, 0.2) is 83.8 Å². The number of carbonyl (C=O) groups is 2. The summed E-state index contributed by atoms with van der Waals surface area (Å²) in [5, 5.41) is 3.25. The van der Waals surface area contributed by atoms with Gasteiger partial charge in [-0.05, 0) is 60.4 Å². The van der Waals surface area contributed by atoms with Gasteiger partial charge in [0.05, 0.1) is 17.7 Å². The summed E-state index contributed by atoms with van der Waals surface area (Å²) < 4.78 is 33.9. The monoisotopic (exact) mass is 585 g/mol. The summed E-state index contributed by atoms with van der Waals surface area (Å²) in [6.45, 7) is 5.82. The summed E-state index contributed by atoms with van der Waals surface area (Å²) in [4.78, 5) is 28.8. The van der Waals surface area contributed by atoms with Crippen molar-refractivity contribution >= 4 is 39.1 Å². The summed E-state index contributed by atoms with van der Waals surface area (Å²) in [5.41, 5.74) is 1.01. The Labute approximate surface area is 241 Å². The number of anilines is 1. The number of methoxy groups -OCH3 is 1. The molecule has 0 unspecified atom stereocenters. The lowest BCUT2D eigenvalue weighted by Crippen LogP contribution is -2.52. The van der Waals surface area contributed by atoms with Crippen LogP contribution in [-0.2, 0) is 26.2 Å². The van der Waals surface area contributed by atoms with Crippen LogP contribution in [0.5, 0.6) is 5.75 Å². The van der Waals surface area contributed by atoms with Crippen LogP contribution < -0.4 is 14.4 Å². The van der Waals surface area contributed by atoms with Crippen LogP contribution in [0.25, 0.3) is 0 Å². The van der Waals surface area contributed by atoms with Gasteiger partial charge in [-0.3, -0.25) is 13.9 Å². The SMILES string of the molecule is CC[C@@H](C(=O)NCC(C)C)N(Cc1ccc(OC)cc1)C(=O)CN(c1cccc(Cl)c1)S(=O)(=O)c1ccccc1. The maximum atomic E-state index is 14.0. The molecule has 0 saturated carbocycles. The predicted molar refractivity (Wildman–Crippen MR) is 158 cm³/mol. The standard InChI is InChI=1S/C30H36ClN3O5S/c1-5-28(30(36)32-19-22(2)3)33(20-23-14-16-26(39-4)17-15-23)29(35)21-34(25-11-9-10-24(31)18-25)40(37,38)27-12-7-6-8-13-27/h6-18,22,28H,5,19-21H2,1-4H3,(H,32,36)/t28-/m0/s1. The number of nitrogens with zero attached hydrogens (tertiary/aromatic N) is 2. The lowest BCUT2D eigenvalue weighted by Gasteiger charge is -2.33. The van der Waals surface area contributed by atoms with Crippen molar-refractivity contribution < 1.29 is 22.7 Å². The van der Waals surface area contributed by atoms with Crippen LogP contribution in [0.4, 0.5) is 5.69 Å². The molecule has 0 spiro atoms. The fraction of sp³-hybridized carbons (Fsp3) is 0.333. The third kappa shape index (κ3) is 7.99. The molecule has 0 aliphatic carbocycles. The average Bonchev–Trinajstić information content (AvgIpc) is 2.95. The predicted octanol–water partition coefficient (Wildman–Crippen LogP) is 5.12. The molecule has 0 bridgehead atoms. The quantitative estimate of drug-likeness (QED) is 0.300. The van der Waals surface area contributed by atoms with Gasteiger partial charge in [-0.25, -0.2) is 8.42 Å². The van der Waals surface area contributed by atoms with Gasteiger partial charge in [0, 0.05) is 18.1 Å². The van der Waals surface area contributed by atoms with Crippen LogP contribution >= 0.6 is 11.6 Å². The minimum atomic E-state index is -4.15. The number of sulfonamides is 1. The summed E-state index contributed by atoms with van der Waals surface area (Å²) >= 11 is 6.21. The van der Waals surface area contributed by atoms with Gasteiger partial charge in [0.1, 0.15) is 18.3 Å². The van der Waals surface area contributed by atoms with Crippen molar-refractivity contribution in [1.29, 1.82) is 0 Å². The fourth-order valence-electron chi connectivity index (χ4n) is 4.15. The number of halogens is 1. The van der Waals surface area contributed by atoms with Crippen LogP contribution in [0.2, 0.25) is 5.02 Å². The van der Waals surface area contributed by atoms with Gasteiger partial charge < -0.3 is 15.0 Å². The first-order valence-corrected chi connectivity index (χ1v) is 14.9. The first-order valence-electron chi connectivity index (χ1n) is 13.1. The molecule has 0 aromatic heterocycles. The number of nitrogens with one attached hydrogen (secondary N) is 1. The first-order chi connectivity index (χ1) is 19.1. The second-order valence-electron chi connectivity index (χ2n) is 9.74. The van der Waals surface area contributed by atoms with Gasteiger partial charge >= 0.3 is 0 Å². The van der Waals surface area contributed by atoms with Gasteiger partial charge in [-0.15, -0.1) is 0 Å². The zero-order chi connectivity index (χ0) is 29.3. The molecule has 0 saturated heterocycles. The molecule has 0 heterocycles. The summed E-state index contributed by atoms with van der Waals surface area (Å²) in [7, 11) is -2.58. The molecule has 1 atom stereocenters. The van der Waals surface area contributed by atoms with E-state index < -0.39 is 28.5 Å². The van der Waals surface area contributed by atoms with E-state index in [1.165, 1.54) is 23.1 Å². The molecule has 0 aliphatic heterocycles. The van der Waals surface area contributed by atoms with Crippen molar-refractivity contribution in [2.75, 3.05) is 24.5 Å². The van der Waals surface area contributed by atoms with Crippen molar-refractivity contribution in [1.82, 2.24) is 10.2 Å². The molecule has 0 aliphatic rings. The highest BCUT2D eigenvalue weighted by atomic mass is 35.5. The van der Waals surface area contributed by atoms with Crippen LogP contribution in [0.3, 0.4) is 0 Å². The second-order valence-corrected chi connectivity index (χ2v) is 12.0. The molecule has 0 radical (unpaired) electrons. The van der Waals surface area contributed by atoms with Gasteiger partial charge in [-0.2, -0.15) is 0 Å². The Balaban J connectivity index is 2.03. The van der Waals surface area contributed by atoms with Crippen molar-refractivity contribution in [3.05, 3.63) is 89.4 Å². The maximum Gasteiger partial charge on any atom is 0.264 e. The van der Waals surface area contributed by atoms with Crippen molar-refractivity contribution in [3.63, 3.8) is 0 Å². The van der Waals surface area contributed by atoms with E-state index in [-0.39, 0.29) is 29.0 Å². The van der Waals surface area contributed by atoms with Crippen LogP contribution in [0, 0.1) is 5.92 Å². The van der Waals surface area contributed by atoms with E-state index >= 15 is 0 Å². The fourth-order valence-corrected chi connectivity index (χ4v) is 5.76. The highest BCUT2D eigenvalue weighted by Crippen LogP contribution is 2.27. The smallest absolute Gasteiger partial charge is 0.264 e. The Morgan fingerprint density at radius 2 is 1.65 bits per heavy atom. The molecule has 214 valence electrons. The van der Waals surface area contributed by atoms with Gasteiger partial charge in [0.15, 0.2) is 0 Å². The van der Waals surface area contributed by atoms with Gasteiger partial charge in [-0.1, -0.05) is 68.8 Å². The first kappa shape index (κ1) is 31.0. The van der Waals surface area contributed by atoms with Crippen LogP contribution in [-0.4, -0.2) is 51.4 Å². The molecule has 3 aromatic rings. The second kappa shape index (κ2) is 14.2. The Kier molecular flexibility index (Phi) is 11.0. The van der Waals surface area contributed by atoms with E-state index in [9.17, 15) is 18.0 Å². The molecule has 40 heavy (non-hydrogen) atoms. The molecule has 10 heteroatoms. The number of ether oxygens (including phenoxy) is 1. The average molecular weight is 586 g/mol. The zero-order valence-electron chi connectivity index (χ0n) is 23.2. The molecular weight excluding hydrogens is 550 g/mol. The lowest BCUT2D eigenvalue weighted by molar-refractivity contribution is -0.140.